The Balaban J connectivity index is 3.14. The van der Waals surface area contributed by atoms with Gasteiger partial charge in [-0.1, -0.05) is 46.9 Å². The molecule has 0 saturated heterocycles. The van der Waals surface area contributed by atoms with Crippen molar-refractivity contribution in [3.63, 3.8) is 0 Å². The van der Waals surface area contributed by atoms with Crippen LogP contribution in [0.1, 0.15) is 5.56 Å². The van der Waals surface area contributed by atoms with E-state index < -0.39 is 10.2 Å². The van der Waals surface area contributed by atoms with Gasteiger partial charge < -0.3 is 5.73 Å². The van der Waals surface area contributed by atoms with E-state index in [2.05, 4.69) is 0 Å². The van der Waals surface area contributed by atoms with Gasteiger partial charge in [-0.15, -0.1) is 0 Å². The van der Waals surface area contributed by atoms with E-state index in [0.29, 0.717) is 10.6 Å². The lowest BCUT2D eigenvalue weighted by Crippen LogP contribution is -2.30. The summed E-state index contributed by atoms with van der Waals surface area (Å²) in [4.78, 5) is 10.8. The zero-order valence-corrected chi connectivity index (χ0v) is 8.70. The highest BCUT2D eigenvalue weighted by molar-refractivity contribution is 6.57. The fourth-order valence-electron chi connectivity index (χ4n) is 0.826. The molecule has 0 bridgehead atoms. The molecule has 0 atom stereocenters. The van der Waals surface area contributed by atoms with Crippen LogP contribution in [0.4, 0.5) is 0 Å². The van der Waals surface area contributed by atoms with Gasteiger partial charge in [0.05, 0.1) is 0 Å². The van der Waals surface area contributed by atoms with Gasteiger partial charge in [0.15, 0.2) is 0 Å². The van der Waals surface area contributed by atoms with E-state index in [1.807, 2.05) is 0 Å². The molecule has 1 aromatic rings. The second kappa shape index (κ2) is 3.74. The van der Waals surface area contributed by atoms with Gasteiger partial charge in [-0.2, -0.15) is 0 Å². The first-order valence-corrected chi connectivity index (χ1v) is 4.52. The van der Waals surface area contributed by atoms with Gasteiger partial charge in [0.2, 0.25) is 4.33 Å². The summed E-state index contributed by atoms with van der Waals surface area (Å²) in [6, 6.07) is 6.36. The van der Waals surface area contributed by atoms with Crippen molar-refractivity contribution in [2.75, 3.05) is 0 Å². The van der Waals surface area contributed by atoms with Gasteiger partial charge in [-0.05, 0) is 17.7 Å². The SMILES string of the molecule is NC(=O)C(Cl)(Cl)c1cccc(Cl)c1. The molecule has 0 spiro atoms. The Morgan fingerprint density at radius 1 is 1.38 bits per heavy atom. The molecule has 0 aliphatic heterocycles. The average Bonchev–Trinajstić information content (AvgIpc) is 2.04. The third kappa shape index (κ3) is 2.27. The molecule has 1 amide bonds. The van der Waals surface area contributed by atoms with Crippen molar-refractivity contribution in [2.24, 2.45) is 5.73 Å². The van der Waals surface area contributed by atoms with Crippen LogP contribution in [0.25, 0.3) is 0 Å². The van der Waals surface area contributed by atoms with Gasteiger partial charge in [0.1, 0.15) is 0 Å². The first-order chi connectivity index (χ1) is 5.94. The average molecular weight is 239 g/mol. The van der Waals surface area contributed by atoms with Crippen LogP contribution in [0, 0.1) is 0 Å². The Hall–Kier alpha value is -0.440. The van der Waals surface area contributed by atoms with Crippen LogP contribution < -0.4 is 5.73 Å². The van der Waals surface area contributed by atoms with E-state index >= 15 is 0 Å². The molecule has 0 unspecified atom stereocenters. The standard InChI is InChI=1S/C8H6Cl3NO/c9-6-3-1-2-5(4-6)8(10,11)7(12)13/h1-4H,(H2,12,13). The minimum absolute atomic E-state index is 0.371. The van der Waals surface area contributed by atoms with Crippen molar-refractivity contribution in [1.82, 2.24) is 0 Å². The van der Waals surface area contributed by atoms with Gasteiger partial charge in [0, 0.05) is 5.02 Å². The Bertz CT molecular complexity index is 338. The normalized spacial score (nSPS) is 11.3. The molecule has 0 aromatic heterocycles. The smallest absolute Gasteiger partial charge is 0.258 e. The molecule has 13 heavy (non-hydrogen) atoms. The quantitative estimate of drug-likeness (QED) is 0.790. The lowest BCUT2D eigenvalue weighted by molar-refractivity contribution is -0.118. The molecule has 0 saturated carbocycles. The third-order valence-electron chi connectivity index (χ3n) is 1.50. The monoisotopic (exact) mass is 237 g/mol. The van der Waals surface area contributed by atoms with Crippen molar-refractivity contribution in [3.8, 4) is 0 Å². The summed E-state index contributed by atoms with van der Waals surface area (Å²) < 4.78 is -1.72. The number of hydrogen-bond donors (Lipinski definition) is 1. The van der Waals surface area contributed by atoms with Crippen LogP contribution in [0.2, 0.25) is 5.02 Å². The summed E-state index contributed by atoms with van der Waals surface area (Å²) >= 11 is 17.1. The lowest BCUT2D eigenvalue weighted by Gasteiger charge is -2.15. The highest BCUT2D eigenvalue weighted by Gasteiger charge is 2.33. The molecule has 0 radical (unpaired) electrons. The summed E-state index contributed by atoms with van der Waals surface area (Å²) in [5.41, 5.74) is 5.38. The van der Waals surface area contributed by atoms with Crippen molar-refractivity contribution in [2.45, 2.75) is 4.33 Å². The van der Waals surface area contributed by atoms with E-state index in [0.717, 1.165) is 0 Å². The molecule has 0 fully saturated rings. The van der Waals surface area contributed by atoms with Crippen molar-refractivity contribution in [3.05, 3.63) is 34.9 Å². The van der Waals surface area contributed by atoms with E-state index in [9.17, 15) is 4.79 Å². The zero-order chi connectivity index (χ0) is 10.1. The predicted octanol–water partition coefficient (Wildman–Crippen LogP) is 2.46. The minimum Gasteiger partial charge on any atom is -0.367 e. The van der Waals surface area contributed by atoms with Crippen molar-refractivity contribution in [1.29, 1.82) is 0 Å². The van der Waals surface area contributed by atoms with Crippen LogP contribution >= 0.6 is 34.8 Å². The van der Waals surface area contributed by atoms with Crippen LogP contribution in [0.5, 0.6) is 0 Å². The van der Waals surface area contributed by atoms with Gasteiger partial charge in [-0.25, -0.2) is 0 Å². The summed E-state index contributed by atoms with van der Waals surface area (Å²) in [5.74, 6) is -0.821. The van der Waals surface area contributed by atoms with Crippen molar-refractivity contribution >= 4 is 40.7 Å². The summed E-state index contributed by atoms with van der Waals surface area (Å²) in [7, 11) is 0. The molecular weight excluding hydrogens is 232 g/mol. The van der Waals surface area contributed by atoms with E-state index in [1.54, 1.807) is 18.2 Å². The molecule has 2 N–H and O–H groups in total. The van der Waals surface area contributed by atoms with Gasteiger partial charge >= 0.3 is 0 Å². The molecule has 0 heterocycles. The van der Waals surface area contributed by atoms with Crippen LogP contribution in [-0.4, -0.2) is 5.91 Å². The van der Waals surface area contributed by atoms with Crippen molar-refractivity contribution < 1.29 is 4.79 Å². The number of hydrogen-bond acceptors (Lipinski definition) is 1. The van der Waals surface area contributed by atoms with Crippen LogP contribution in [-0.2, 0) is 9.13 Å². The Kier molecular flexibility index (Phi) is 3.06. The van der Waals surface area contributed by atoms with E-state index in [1.165, 1.54) is 6.07 Å². The molecule has 0 aliphatic rings. The maximum atomic E-state index is 10.8. The number of nitrogens with two attached hydrogens (primary N) is 1. The second-order valence-electron chi connectivity index (χ2n) is 2.45. The fraction of sp³-hybridized carbons (Fsp3) is 0.125. The first-order valence-electron chi connectivity index (χ1n) is 3.38. The first kappa shape index (κ1) is 10.6. The van der Waals surface area contributed by atoms with E-state index in [-0.39, 0.29) is 0 Å². The maximum absolute atomic E-state index is 10.8. The predicted molar refractivity (Wildman–Crippen MR) is 54.0 cm³/mol. The number of rotatable bonds is 2. The summed E-state index contributed by atoms with van der Waals surface area (Å²) in [6.45, 7) is 0. The largest absolute Gasteiger partial charge is 0.367 e. The fourth-order valence-corrected chi connectivity index (χ4v) is 1.25. The molecule has 0 aliphatic carbocycles. The number of primary amides is 1. The van der Waals surface area contributed by atoms with Gasteiger partial charge in [0.25, 0.3) is 5.91 Å². The third-order valence-corrected chi connectivity index (χ3v) is 2.54. The number of carbonyl (C=O) groups excluding carboxylic acids is 1. The highest BCUT2D eigenvalue weighted by Crippen LogP contribution is 2.34. The second-order valence-corrected chi connectivity index (χ2v) is 4.21. The number of alkyl halides is 2. The van der Waals surface area contributed by atoms with E-state index in [4.69, 9.17) is 40.5 Å². The molecular formula is C8H6Cl3NO. The number of carbonyl (C=O) groups is 1. The highest BCUT2D eigenvalue weighted by atomic mass is 35.5. The van der Waals surface area contributed by atoms with Gasteiger partial charge in [-0.3, -0.25) is 4.79 Å². The molecule has 70 valence electrons. The summed E-state index contributed by atoms with van der Waals surface area (Å²) in [6.07, 6.45) is 0. The lowest BCUT2D eigenvalue weighted by atomic mass is 10.1. The minimum atomic E-state index is -1.72. The van der Waals surface area contributed by atoms with Crippen LogP contribution in [0.15, 0.2) is 24.3 Å². The zero-order valence-electron chi connectivity index (χ0n) is 6.43. The Labute approximate surface area is 90.6 Å². The van der Waals surface area contributed by atoms with Crippen LogP contribution in [0.3, 0.4) is 0 Å². The Morgan fingerprint density at radius 3 is 2.46 bits per heavy atom. The molecule has 5 heteroatoms. The number of amides is 1. The number of benzene rings is 1. The topological polar surface area (TPSA) is 43.1 Å². The molecule has 1 rings (SSSR count). The maximum Gasteiger partial charge on any atom is 0.258 e. The summed E-state index contributed by atoms with van der Waals surface area (Å²) in [5, 5.41) is 0.449. The Morgan fingerprint density at radius 2 is 2.00 bits per heavy atom. The molecule has 2 nitrogen and oxygen atoms in total. The molecule has 1 aromatic carbocycles. The number of halogens is 3.